The van der Waals surface area contributed by atoms with Crippen LogP contribution in [-0.2, 0) is 60.8 Å². The van der Waals surface area contributed by atoms with E-state index >= 15 is 0 Å². The fourth-order valence-corrected chi connectivity index (χ4v) is 9.46. The fraction of sp³-hybridized carbons (Fsp3) is 0.525. The van der Waals surface area contributed by atoms with Gasteiger partial charge >= 0.3 is 0 Å². The second-order valence-corrected chi connectivity index (χ2v) is 22.3. The van der Waals surface area contributed by atoms with Gasteiger partial charge in [-0.25, -0.2) is 9.37 Å². The summed E-state index contributed by atoms with van der Waals surface area (Å²) in [5.41, 5.74) is 13.1. The van der Waals surface area contributed by atoms with Crippen molar-refractivity contribution in [2.75, 3.05) is 20.1 Å². The van der Waals surface area contributed by atoms with Crippen molar-refractivity contribution in [1.29, 1.82) is 0 Å². The Morgan fingerprint density at radius 2 is 1.34 bits per heavy atom. The number of nitrogens with one attached hydrogen (secondary N) is 10. The molecule has 1 fully saturated rings. The molecule has 1 aliphatic carbocycles. The summed E-state index contributed by atoms with van der Waals surface area (Å²) in [7, 11) is 1.35. The lowest BCUT2D eigenvalue weighted by Crippen LogP contribution is -2.59. The van der Waals surface area contributed by atoms with Gasteiger partial charge < -0.3 is 68.9 Å². The normalized spacial score (nSPS) is 14.9. The molecule has 26 heteroatoms. The molecular formula is C59H83FN14O11. The van der Waals surface area contributed by atoms with E-state index in [-0.39, 0.29) is 68.9 Å². The molecule has 0 bridgehead atoms. The summed E-state index contributed by atoms with van der Waals surface area (Å²) in [6.45, 7) is 8.24. The van der Waals surface area contributed by atoms with Crippen LogP contribution in [0.1, 0.15) is 127 Å². The second-order valence-electron chi connectivity index (χ2n) is 22.3. The molecule has 4 aromatic rings. The highest BCUT2D eigenvalue weighted by molar-refractivity contribution is 5.97. The third-order valence-electron chi connectivity index (χ3n) is 14.9. The number of nitrogens with zero attached hydrogens (tertiary/aromatic N) is 2. The van der Waals surface area contributed by atoms with Crippen molar-refractivity contribution < 1.29 is 57.1 Å². The molecule has 1 saturated carbocycles. The zero-order chi connectivity index (χ0) is 62.3. The quantitative estimate of drug-likeness (QED) is 0.0287. The van der Waals surface area contributed by atoms with Crippen LogP contribution in [0.5, 0.6) is 0 Å². The zero-order valence-corrected chi connectivity index (χ0v) is 49.1. The molecule has 5 rings (SSSR count). The number of hydrogen-bond donors (Lipinski definition) is 12. The highest BCUT2D eigenvalue weighted by atomic mass is 19.1. The third kappa shape index (κ3) is 22.1. The van der Waals surface area contributed by atoms with Crippen LogP contribution in [0.25, 0.3) is 10.9 Å². The number of likely N-dealkylation sites (N-methyl/N-ethyl adjacent to an activating group) is 1. The number of fused-ring (bicyclic) bond motifs is 1. The van der Waals surface area contributed by atoms with Gasteiger partial charge in [0.05, 0.1) is 12.9 Å². The number of halogens is 1. The van der Waals surface area contributed by atoms with E-state index in [2.05, 4.69) is 57.5 Å². The number of aromatic amines is 2. The van der Waals surface area contributed by atoms with Crippen molar-refractivity contribution in [3.05, 3.63) is 89.9 Å². The number of rotatable bonds is 36. The molecule has 11 amide bonds. The van der Waals surface area contributed by atoms with Crippen LogP contribution >= 0.6 is 0 Å². The molecule has 462 valence electrons. The Kier molecular flexibility index (Phi) is 26.0. The van der Waals surface area contributed by atoms with Crippen LogP contribution < -0.4 is 54.0 Å². The van der Waals surface area contributed by atoms with E-state index in [9.17, 15) is 57.1 Å². The van der Waals surface area contributed by atoms with Crippen LogP contribution in [-0.4, -0.2) is 147 Å². The van der Waals surface area contributed by atoms with E-state index in [1.165, 1.54) is 38.6 Å². The first-order valence-corrected chi connectivity index (χ1v) is 28.9. The van der Waals surface area contributed by atoms with Gasteiger partial charge in [0.15, 0.2) is 0 Å². The molecule has 0 spiro atoms. The number of H-pyrrole nitrogens is 2. The molecule has 2 aromatic heterocycles. The zero-order valence-electron chi connectivity index (χ0n) is 49.1. The lowest BCUT2D eigenvalue weighted by Gasteiger charge is -2.29. The molecular weight excluding hydrogens is 1100 g/mol. The first kappa shape index (κ1) is 67.1. The smallest absolute Gasteiger partial charge is 0.251 e. The molecule has 0 radical (unpaired) electrons. The molecule has 2 heterocycles. The Bertz CT molecular complexity index is 2950. The van der Waals surface area contributed by atoms with Crippen LogP contribution in [0, 0.1) is 23.6 Å². The lowest BCUT2D eigenvalue weighted by molar-refractivity contribution is -0.140. The van der Waals surface area contributed by atoms with E-state index < -0.39 is 120 Å². The largest absolute Gasteiger partial charge is 0.370 e. The van der Waals surface area contributed by atoms with E-state index in [0.29, 0.717) is 42.9 Å². The minimum absolute atomic E-state index is 0.00106. The molecule has 25 nitrogen and oxygen atoms in total. The maximum absolute atomic E-state index is 14.3. The van der Waals surface area contributed by atoms with Gasteiger partial charge in [0.2, 0.25) is 59.1 Å². The van der Waals surface area contributed by atoms with Gasteiger partial charge in [0.25, 0.3) is 5.91 Å². The summed E-state index contributed by atoms with van der Waals surface area (Å²) in [6.07, 6.45) is 7.87. The second kappa shape index (κ2) is 33.0. The van der Waals surface area contributed by atoms with Crippen LogP contribution in [0.3, 0.4) is 0 Å². The third-order valence-corrected chi connectivity index (χ3v) is 14.9. The number of imidazole rings is 1. The van der Waals surface area contributed by atoms with Crippen molar-refractivity contribution in [1.82, 2.24) is 62.4 Å². The fourth-order valence-electron chi connectivity index (χ4n) is 9.46. The van der Waals surface area contributed by atoms with Crippen molar-refractivity contribution in [3.8, 4) is 0 Å². The van der Waals surface area contributed by atoms with Gasteiger partial charge in [-0.2, -0.15) is 0 Å². The minimum atomic E-state index is -1.36. The summed E-state index contributed by atoms with van der Waals surface area (Å²) >= 11 is 0. The number of para-hydroxylation sites is 1. The number of nitrogens with two attached hydrogens (primary N) is 2. The molecule has 0 aliphatic heterocycles. The van der Waals surface area contributed by atoms with Gasteiger partial charge in [0.1, 0.15) is 42.1 Å². The Morgan fingerprint density at radius 1 is 0.694 bits per heavy atom. The molecule has 85 heavy (non-hydrogen) atoms. The topological polar surface area (TPSA) is 384 Å². The summed E-state index contributed by atoms with van der Waals surface area (Å²) in [5.74, 6) is -7.83. The number of aromatic nitrogens is 3. The van der Waals surface area contributed by atoms with E-state index in [0.717, 1.165) is 40.8 Å². The van der Waals surface area contributed by atoms with Gasteiger partial charge in [-0.15, -0.1) is 0 Å². The van der Waals surface area contributed by atoms with E-state index in [1.54, 1.807) is 26.1 Å². The Labute approximate surface area is 493 Å². The van der Waals surface area contributed by atoms with Crippen LogP contribution in [0.4, 0.5) is 4.39 Å². The SMILES string of the molecule is CC[C@H](C)[C@@H](CCC(=O)N[C@@H](CC1CC1)C(N)=O)NC(=O)[C@H](Cc1cnc[nH]1)NC(=O)CN(C)C(=O)C(NC(=O)[C@H](C)NC(=O)C(Cc1c[nH]c2ccccc12)NC(=O)[C@H](CCC(N)=O)NC(=O)CCCCNC(=O)c1ccc(F)cc1)C(C)C. The number of unbranched alkanes of at least 4 members (excludes halogenated alkanes) is 1. The van der Waals surface area contributed by atoms with Crippen LogP contribution in [0.2, 0.25) is 0 Å². The predicted octanol–water partition coefficient (Wildman–Crippen LogP) is 1.32. The van der Waals surface area contributed by atoms with E-state index in [4.69, 9.17) is 11.5 Å². The average molecular weight is 1180 g/mol. The predicted molar refractivity (Wildman–Crippen MR) is 312 cm³/mol. The van der Waals surface area contributed by atoms with Gasteiger partial charge in [-0.05, 0) is 92.7 Å². The summed E-state index contributed by atoms with van der Waals surface area (Å²) in [6, 6.07) is 4.59. The van der Waals surface area contributed by atoms with Crippen LogP contribution in [0.15, 0.2) is 67.3 Å². The minimum Gasteiger partial charge on any atom is -0.370 e. The monoisotopic (exact) mass is 1180 g/mol. The Balaban J connectivity index is 1.21. The number of benzene rings is 2. The number of primary amides is 2. The summed E-state index contributed by atoms with van der Waals surface area (Å²) < 4.78 is 13.3. The molecule has 14 N–H and O–H groups in total. The molecule has 8 atom stereocenters. The lowest BCUT2D eigenvalue weighted by atomic mass is 9.94. The first-order chi connectivity index (χ1) is 40.4. The van der Waals surface area contributed by atoms with Crippen molar-refractivity contribution in [3.63, 3.8) is 0 Å². The van der Waals surface area contributed by atoms with Gasteiger partial charge in [-0.3, -0.25) is 52.7 Å². The molecule has 1 aliphatic rings. The van der Waals surface area contributed by atoms with Gasteiger partial charge in [0, 0.05) is 86.3 Å². The molecule has 2 unspecified atom stereocenters. The number of hydrogen-bond acceptors (Lipinski definition) is 12. The number of amides is 11. The van der Waals surface area contributed by atoms with Crippen molar-refractivity contribution in [2.45, 2.75) is 160 Å². The van der Waals surface area contributed by atoms with Gasteiger partial charge in [-0.1, -0.05) is 65.2 Å². The van der Waals surface area contributed by atoms with Crippen molar-refractivity contribution in [2.24, 2.45) is 29.2 Å². The van der Waals surface area contributed by atoms with Crippen molar-refractivity contribution >= 4 is 75.9 Å². The Hall–Kier alpha value is -8.71. The van der Waals surface area contributed by atoms with E-state index in [1.807, 2.05) is 32.0 Å². The Morgan fingerprint density at radius 3 is 1.99 bits per heavy atom. The summed E-state index contributed by atoms with van der Waals surface area (Å²) in [5, 5.41) is 22.5. The molecule has 2 aromatic carbocycles. The highest BCUT2D eigenvalue weighted by Crippen LogP contribution is 2.33. The number of carbonyl (C=O) groups excluding carboxylic acids is 11. The first-order valence-electron chi connectivity index (χ1n) is 28.9. The summed E-state index contributed by atoms with van der Waals surface area (Å²) in [4.78, 5) is 158. The highest BCUT2D eigenvalue weighted by Gasteiger charge is 2.35. The maximum Gasteiger partial charge on any atom is 0.251 e. The standard InChI is InChI=1S/C59H83FN14O11/c1-7-34(4)42(22-24-50(77)69-45(53(62)79)26-36-15-16-36)71-58(84)47(28-40-30-63-32-66-40)70-51(78)31-74(6)59(85)52(33(2)3)73-54(80)35(5)67-57(83)46(27-38-29-65-43-13-9-8-12-41(38)43)72-56(82)44(21-23-48(61)75)68-49(76)14-10-11-25-64-55(81)37-17-19-39(60)20-18-37/h8-9,12-13,17-20,29-30,32-36,42,44-47,52,65H,7,10-11,14-16,21-28,31H2,1-6H3,(H2,61,75)(H2,62,79)(H,63,66)(H,64,81)(H,67,83)(H,68,76)(H,69,77)(H,70,78)(H,71,84)(H,72,82)(H,73,80)/t34-,35-,42+,44-,45-,46?,47-,52?/m0/s1. The number of carbonyl (C=O) groups is 11. The average Bonchev–Trinajstić information content (AvgIpc) is 4.09. The maximum atomic E-state index is 14.3. The molecule has 0 saturated heterocycles.